The largest absolute Gasteiger partial charge is 0.466 e. The maximum Gasteiger partial charge on any atom is 0.311 e. The van der Waals surface area contributed by atoms with Gasteiger partial charge in [0.1, 0.15) is 12.8 Å². The minimum Gasteiger partial charge on any atom is -0.466 e. The molecule has 0 amide bonds. The molecule has 0 heterocycles. The van der Waals surface area contributed by atoms with Crippen LogP contribution in [0.3, 0.4) is 0 Å². The van der Waals surface area contributed by atoms with Gasteiger partial charge in [-0.1, -0.05) is 0 Å². The summed E-state index contributed by atoms with van der Waals surface area (Å²) in [5.41, 5.74) is -2.47. The molecular weight excluding hydrogens is 552 g/mol. The van der Waals surface area contributed by atoms with Crippen LogP contribution < -0.4 is 0 Å². The summed E-state index contributed by atoms with van der Waals surface area (Å²) in [7, 11) is 0. The molecule has 0 aromatic heterocycles. The van der Waals surface area contributed by atoms with Crippen LogP contribution in [-0.2, 0) is 58.2 Å². The second-order valence-corrected chi connectivity index (χ2v) is 14.6. The molecular formula is C30H58O12. The van der Waals surface area contributed by atoms with Crippen LogP contribution in [0.2, 0.25) is 0 Å². The topological polar surface area (TPSA) is 126 Å². The fraction of sp³-hybridized carbons (Fsp3) is 0.933. The van der Waals surface area contributed by atoms with E-state index in [0.29, 0.717) is 12.8 Å². The Bertz CT molecular complexity index is 682. The summed E-state index contributed by atoms with van der Waals surface area (Å²) in [4.78, 5) is 68.0. The van der Waals surface area contributed by atoms with Gasteiger partial charge in [0.15, 0.2) is 0 Å². The normalized spacial score (nSPS) is 13.8. The van der Waals surface area contributed by atoms with Crippen LogP contribution in [0.1, 0.15) is 135 Å². The number of esters is 2. The van der Waals surface area contributed by atoms with Gasteiger partial charge in [-0.2, -0.15) is 19.6 Å². The van der Waals surface area contributed by atoms with E-state index < -0.39 is 45.9 Å². The summed E-state index contributed by atoms with van der Waals surface area (Å²) in [6.45, 7) is 25.2. The molecule has 0 N–H and O–H groups in total. The number of ether oxygens (including phenoxy) is 2. The Morgan fingerprint density at radius 2 is 0.619 bits per heavy atom. The third-order valence-electron chi connectivity index (χ3n) is 4.37. The molecule has 0 saturated carbocycles. The summed E-state index contributed by atoms with van der Waals surface area (Å²) < 4.78 is 10.7. The van der Waals surface area contributed by atoms with Crippen LogP contribution in [0.5, 0.6) is 0 Å². The fourth-order valence-corrected chi connectivity index (χ4v) is 2.55. The summed E-state index contributed by atoms with van der Waals surface area (Å²) in [6, 6.07) is 0. The average Bonchev–Trinajstić information content (AvgIpc) is 2.79. The zero-order chi connectivity index (χ0) is 32.9. The molecule has 12 heteroatoms. The van der Waals surface area contributed by atoms with Gasteiger partial charge >= 0.3 is 11.9 Å². The van der Waals surface area contributed by atoms with Crippen molar-refractivity contribution in [1.29, 1.82) is 0 Å². The van der Waals surface area contributed by atoms with Crippen LogP contribution in [0, 0.1) is 0 Å². The lowest BCUT2D eigenvalue weighted by Gasteiger charge is -2.32. The molecule has 0 aromatic rings. The van der Waals surface area contributed by atoms with E-state index in [1.54, 1.807) is 13.8 Å². The van der Waals surface area contributed by atoms with Crippen molar-refractivity contribution in [3.05, 3.63) is 0 Å². The molecule has 250 valence electrons. The van der Waals surface area contributed by atoms with Gasteiger partial charge < -0.3 is 9.47 Å². The van der Waals surface area contributed by atoms with Crippen LogP contribution in [-0.4, -0.2) is 59.1 Å². The smallest absolute Gasteiger partial charge is 0.311 e. The summed E-state index contributed by atoms with van der Waals surface area (Å²) in [5, 5.41) is 0. The Morgan fingerprint density at radius 1 is 0.381 bits per heavy atom. The zero-order valence-electron chi connectivity index (χ0n) is 28.6. The number of hydrogen-bond acceptors (Lipinski definition) is 12. The highest BCUT2D eigenvalue weighted by Gasteiger charge is 2.38. The molecule has 0 bridgehead atoms. The maximum atomic E-state index is 12.4. The van der Waals surface area contributed by atoms with E-state index in [4.69, 9.17) is 48.6 Å². The third kappa shape index (κ3) is 24.1. The van der Waals surface area contributed by atoms with E-state index in [-0.39, 0.29) is 26.1 Å². The first-order valence-corrected chi connectivity index (χ1v) is 14.6. The molecule has 42 heavy (non-hydrogen) atoms. The summed E-state index contributed by atoms with van der Waals surface area (Å²) >= 11 is 0. The number of carbonyl (C=O) groups excluding carboxylic acids is 2. The van der Waals surface area contributed by atoms with Crippen molar-refractivity contribution in [3.63, 3.8) is 0 Å². The highest BCUT2D eigenvalue weighted by molar-refractivity contribution is 5.70. The lowest BCUT2D eigenvalue weighted by Crippen LogP contribution is -2.40. The van der Waals surface area contributed by atoms with Crippen molar-refractivity contribution >= 4 is 11.9 Å². The predicted octanol–water partition coefficient (Wildman–Crippen LogP) is 6.83. The number of carbonyl (C=O) groups is 2. The molecule has 12 nitrogen and oxygen atoms in total. The van der Waals surface area contributed by atoms with E-state index in [1.165, 1.54) is 0 Å². The van der Waals surface area contributed by atoms with Crippen LogP contribution >= 0.6 is 0 Å². The standard InChI is InChI=1S/C30H58O12/c1-25(2,3)35-39-29(13,40-36-26(4,5)6)21-23(31)33-19-17-15-16-18-20-34-24(32)22-30(14,41-37-27(7,8)9)42-38-28(10,11)12/h15-22H2,1-14H3. The summed E-state index contributed by atoms with van der Waals surface area (Å²) in [6.07, 6.45) is 2.37. The van der Waals surface area contributed by atoms with Gasteiger partial charge in [-0.25, -0.2) is 19.6 Å². The minimum atomic E-state index is -1.49. The second-order valence-electron chi connectivity index (χ2n) is 14.6. The molecule has 0 atom stereocenters. The molecule has 0 unspecified atom stereocenters. The highest BCUT2D eigenvalue weighted by atomic mass is 17.3. The van der Waals surface area contributed by atoms with Gasteiger partial charge in [0.05, 0.1) is 35.6 Å². The molecule has 0 spiro atoms. The van der Waals surface area contributed by atoms with Gasteiger partial charge in [-0.05, 0) is 123 Å². The molecule has 0 saturated heterocycles. The molecule has 0 aliphatic heterocycles. The van der Waals surface area contributed by atoms with Crippen LogP contribution in [0.15, 0.2) is 0 Å². The first-order chi connectivity index (χ1) is 18.8. The van der Waals surface area contributed by atoms with Crippen molar-refractivity contribution in [2.45, 2.75) is 169 Å². The monoisotopic (exact) mass is 610 g/mol. The number of hydrogen-bond donors (Lipinski definition) is 0. The van der Waals surface area contributed by atoms with E-state index >= 15 is 0 Å². The summed E-state index contributed by atoms with van der Waals surface area (Å²) in [5.74, 6) is -4.02. The Morgan fingerprint density at radius 3 is 0.833 bits per heavy atom. The highest BCUT2D eigenvalue weighted by Crippen LogP contribution is 2.26. The number of rotatable bonds is 19. The molecule has 0 aliphatic rings. The Labute approximate surface area is 252 Å². The van der Waals surface area contributed by atoms with Crippen molar-refractivity contribution in [2.24, 2.45) is 0 Å². The van der Waals surface area contributed by atoms with Crippen molar-refractivity contribution < 1.29 is 58.2 Å². The Balaban J connectivity index is 4.47. The van der Waals surface area contributed by atoms with Crippen molar-refractivity contribution in [1.82, 2.24) is 0 Å². The first kappa shape index (κ1) is 40.6. The van der Waals surface area contributed by atoms with Crippen LogP contribution in [0.25, 0.3) is 0 Å². The van der Waals surface area contributed by atoms with Gasteiger partial charge in [0.2, 0.25) is 11.6 Å². The van der Waals surface area contributed by atoms with Gasteiger partial charge in [-0.15, -0.1) is 0 Å². The third-order valence-corrected chi connectivity index (χ3v) is 4.37. The lowest BCUT2D eigenvalue weighted by molar-refractivity contribution is -0.535. The molecule has 0 rings (SSSR count). The predicted molar refractivity (Wildman–Crippen MR) is 154 cm³/mol. The quantitative estimate of drug-likeness (QED) is 0.0500. The SMILES string of the molecule is CC(C)(C)OOC(C)(CC(=O)OCCCCCCOC(=O)CC(C)(OOC(C)(C)C)OOC(C)(C)C)OOC(C)(C)C. The van der Waals surface area contributed by atoms with Gasteiger partial charge in [-0.3, -0.25) is 9.59 Å². The number of unbranched alkanes of at least 4 members (excludes halogenated alkanes) is 3. The average molecular weight is 611 g/mol. The second kappa shape index (κ2) is 17.2. The minimum absolute atomic E-state index is 0.226. The van der Waals surface area contributed by atoms with E-state index in [1.807, 2.05) is 83.1 Å². The van der Waals surface area contributed by atoms with Crippen molar-refractivity contribution in [3.8, 4) is 0 Å². The van der Waals surface area contributed by atoms with E-state index in [2.05, 4.69) is 0 Å². The fourth-order valence-electron chi connectivity index (χ4n) is 2.55. The van der Waals surface area contributed by atoms with Crippen molar-refractivity contribution in [2.75, 3.05) is 13.2 Å². The molecule has 0 aliphatic carbocycles. The Hall–Kier alpha value is -1.38. The first-order valence-electron chi connectivity index (χ1n) is 14.6. The lowest BCUT2D eigenvalue weighted by atomic mass is 10.2. The zero-order valence-corrected chi connectivity index (χ0v) is 28.6. The van der Waals surface area contributed by atoms with E-state index in [0.717, 1.165) is 12.8 Å². The molecule has 0 radical (unpaired) electrons. The van der Waals surface area contributed by atoms with Gasteiger partial charge in [0.25, 0.3) is 0 Å². The molecule has 0 aromatic carbocycles. The van der Waals surface area contributed by atoms with Crippen LogP contribution in [0.4, 0.5) is 0 Å². The Kier molecular flexibility index (Phi) is 16.6. The molecule has 0 fully saturated rings. The maximum absolute atomic E-state index is 12.4. The van der Waals surface area contributed by atoms with Gasteiger partial charge in [0, 0.05) is 0 Å². The van der Waals surface area contributed by atoms with E-state index in [9.17, 15) is 9.59 Å².